The molecule has 2 rings (SSSR count). The molecule has 0 bridgehead atoms. The molecular weight excluding hydrogens is 480 g/mol. The van der Waals surface area contributed by atoms with Crippen LogP contribution < -0.4 is 21.3 Å². The van der Waals surface area contributed by atoms with Gasteiger partial charge in [-0.2, -0.15) is 23.5 Å². The van der Waals surface area contributed by atoms with Gasteiger partial charge in [0.15, 0.2) is 0 Å². The Kier molecular flexibility index (Phi) is 12.3. The van der Waals surface area contributed by atoms with Crippen molar-refractivity contribution in [2.24, 2.45) is 0 Å². The number of nitrogens with zero attached hydrogens (tertiary/aromatic N) is 1. The molecule has 1 fully saturated rings. The van der Waals surface area contributed by atoms with Crippen molar-refractivity contribution in [2.45, 2.75) is 56.3 Å². The van der Waals surface area contributed by atoms with Crippen molar-refractivity contribution in [3.63, 3.8) is 0 Å². The van der Waals surface area contributed by atoms with E-state index in [1.807, 2.05) is 12.5 Å². The van der Waals surface area contributed by atoms with E-state index < -0.39 is 35.9 Å². The van der Waals surface area contributed by atoms with Crippen molar-refractivity contribution in [2.75, 3.05) is 30.6 Å². The lowest BCUT2D eigenvalue weighted by Gasteiger charge is -2.25. The average molecular weight is 515 g/mol. The van der Waals surface area contributed by atoms with Crippen LogP contribution in [0.3, 0.4) is 0 Å². The molecule has 190 valence electrons. The summed E-state index contributed by atoms with van der Waals surface area (Å²) >= 11 is 3.07. The Hall–Kier alpha value is -2.25. The van der Waals surface area contributed by atoms with Gasteiger partial charge in [-0.25, -0.2) is 9.78 Å². The second kappa shape index (κ2) is 14.9. The Bertz CT molecular complexity index is 804. The van der Waals surface area contributed by atoms with Gasteiger partial charge in [0.05, 0.1) is 12.4 Å². The smallest absolute Gasteiger partial charge is 0.326 e. The van der Waals surface area contributed by atoms with E-state index >= 15 is 0 Å². The van der Waals surface area contributed by atoms with Crippen molar-refractivity contribution in [3.05, 3.63) is 18.2 Å². The van der Waals surface area contributed by atoms with Crippen molar-refractivity contribution in [1.29, 1.82) is 0 Å². The Morgan fingerprint density at radius 1 is 1.06 bits per heavy atom. The summed E-state index contributed by atoms with van der Waals surface area (Å²) in [6, 6.07) is -3.21. The van der Waals surface area contributed by atoms with Crippen LogP contribution in [-0.2, 0) is 25.6 Å². The number of hydrogen-bond donors (Lipinski definition) is 6. The van der Waals surface area contributed by atoms with Crippen molar-refractivity contribution in [1.82, 2.24) is 31.2 Å². The lowest BCUT2D eigenvalue weighted by molar-refractivity contribution is -0.142. The quantitative estimate of drug-likeness (QED) is 0.185. The van der Waals surface area contributed by atoms with E-state index in [0.29, 0.717) is 36.5 Å². The zero-order chi connectivity index (χ0) is 24.9. The predicted octanol–water partition coefficient (Wildman–Crippen LogP) is -0.251. The minimum absolute atomic E-state index is 0.0328. The normalized spacial score (nSPS) is 18.0. The number of carbonyl (C=O) groups excluding carboxylic acids is 3. The van der Waals surface area contributed by atoms with Crippen LogP contribution >= 0.6 is 23.5 Å². The first-order valence-electron chi connectivity index (χ1n) is 11.2. The highest BCUT2D eigenvalue weighted by molar-refractivity contribution is 7.98. The van der Waals surface area contributed by atoms with Gasteiger partial charge in [0.25, 0.3) is 0 Å². The zero-order valence-corrected chi connectivity index (χ0v) is 21.1. The molecule has 4 atom stereocenters. The maximum Gasteiger partial charge on any atom is 0.326 e. The van der Waals surface area contributed by atoms with E-state index in [0.717, 1.165) is 13.0 Å². The zero-order valence-electron chi connectivity index (χ0n) is 19.5. The topological polar surface area (TPSA) is 165 Å². The van der Waals surface area contributed by atoms with Crippen LogP contribution in [0.25, 0.3) is 0 Å². The molecule has 1 aromatic rings. The molecule has 11 nitrogen and oxygen atoms in total. The van der Waals surface area contributed by atoms with Gasteiger partial charge >= 0.3 is 5.97 Å². The highest BCUT2D eigenvalue weighted by atomic mass is 32.2. The highest BCUT2D eigenvalue weighted by Gasteiger charge is 2.31. The first kappa shape index (κ1) is 28.0. The molecule has 0 spiro atoms. The molecule has 3 amide bonds. The summed E-state index contributed by atoms with van der Waals surface area (Å²) in [4.78, 5) is 57.0. The van der Waals surface area contributed by atoms with E-state index in [4.69, 9.17) is 0 Å². The van der Waals surface area contributed by atoms with Crippen LogP contribution in [0.4, 0.5) is 0 Å². The number of hydrogen-bond acceptors (Lipinski definition) is 8. The third-order valence-corrected chi connectivity index (χ3v) is 6.75. The third-order valence-electron chi connectivity index (χ3n) is 5.46. The summed E-state index contributed by atoms with van der Waals surface area (Å²) in [7, 11) is 0. The van der Waals surface area contributed by atoms with Gasteiger partial charge < -0.3 is 31.4 Å². The van der Waals surface area contributed by atoms with Crippen LogP contribution in [0.5, 0.6) is 0 Å². The molecule has 0 radical (unpaired) electrons. The number of nitrogens with one attached hydrogen (secondary N) is 5. The maximum absolute atomic E-state index is 13.1. The van der Waals surface area contributed by atoms with Gasteiger partial charge in [-0.05, 0) is 56.2 Å². The second-order valence-corrected chi connectivity index (χ2v) is 9.99. The van der Waals surface area contributed by atoms with Gasteiger partial charge in [0.2, 0.25) is 17.7 Å². The van der Waals surface area contributed by atoms with Gasteiger partial charge in [-0.3, -0.25) is 14.4 Å². The van der Waals surface area contributed by atoms with E-state index in [2.05, 4.69) is 31.2 Å². The Labute approximate surface area is 207 Å². The molecule has 1 aromatic heterocycles. The molecule has 13 heteroatoms. The van der Waals surface area contributed by atoms with E-state index in [1.165, 1.54) is 24.3 Å². The predicted molar refractivity (Wildman–Crippen MR) is 133 cm³/mol. The van der Waals surface area contributed by atoms with Crippen LogP contribution in [-0.4, -0.2) is 93.5 Å². The summed E-state index contributed by atoms with van der Waals surface area (Å²) in [6.45, 7) is 0.764. The molecule has 6 N–H and O–H groups in total. The Morgan fingerprint density at radius 3 is 2.18 bits per heavy atom. The van der Waals surface area contributed by atoms with Crippen LogP contribution in [0, 0.1) is 0 Å². The summed E-state index contributed by atoms with van der Waals surface area (Å²) in [5, 5.41) is 20.7. The number of rotatable bonds is 15. The van der Waals surface area contributed by atoms with Crippen LogP contribution in [0.2, 0.25) is 0 Å². The number of H-pyrrole nitrogens is 1. The van der Waals surface area contributed by atoms with Crippen molar-refractivity contribution >= 4 is 47.2 Å². The van der Waals surface area contributed by atoms with Gasteiger partial charge in [-0.15, -0.1) is 0 Å². The first-order chi connectivity index (χ1) is 16.3. The van der Waals surface area contributed by atoms with Crippen molar-refractivity contribution < 1.29 is 24.3 Å². The summed E-state index contributed by atoms with van der Waals surface area (Å²) < 4.78 is 0. The molecule has 0 saturated carbocycles. The van der Waals surface area contributed by atoms with E-state index in [1.54, 1.807) is 11.8 Å². The molecule has 1 saturated heterocycles. The SMILES string of the molecule is CSCCC(NC(=O)C(CCSC)NC(=O)C1CCCN1)C(=O)NC(Cc1cnc[nH]1)C(=O)O. The number of carboxylic acid groups (broad SMARTS) is 1. The Balaban J connectivity index is 2.06. The first-order valence-corrected chi connectivity index (χ1v) is 14.0. The van der Waals surface area contributed by atoms with Gasteiger partial charge in [0.1, 0.15) is 18.1 Å². The summed E-state index contributed by atoms with van der Waals surface area (Å²) in [6.07, 6.45) is 9.11. The fourth-order valence-corrected chi connectivity index (χ4v) is 4.49. The Morgan fingerprint density at radius 2 is 1.68 bits per heavy atom. The minimum atomic E-state index is -1.19. The lowest BCUT2D eigenvalue weighted by Crippen LogP contribution is -2.57. The number of imidazole rings is 1. The number of carbonyl (C=O) groups is 4. The number of carboxylic acids is 1. The third kappa shape index (κ3) is 9.18. The molecule has 1 aliphatic heterocycles. The fraction of sp³-hybridized carbons (Fsp3) is 0.667. The standard InChI is InChI=1S/C21H34N6O5S2/c1-33-8-5-15(25-18(28)14-4-3-7-23-14)19(29)26-16(6-9-34-2)20(30)27-17(21(31)32)10-13-11-22-12-24-13/h11-12,14-17,23H,3-10H2,1-2H3,(H,22,24)(H,25,28)(H,26,29)(H,27,30)(H,31,32). The molecule has 0 aliphatic carbocycles. The van der Waals surface area contributed by atoms with Gasteiger partial charge in [0, 0.05) is 18.3 Å². The van der Waals surface area contributed by atoms with Gasteiger partial charge in [-0.1, -0.05) is 0 Å². The van der Waals surface area contributed by atoms with Crippen LogP contribution in [0.1, 0.15) is 31.4 Å². The summed E-state index contributed by atoms with van der Waals surface area (Å²) in [5.41, 5.74) is 0.567. The van der Waals surface area contributed by atoms with Crippen molar-refractivity contribution in [3.8, 4) is 0 Å². The highest BCUT2D eigenvalue weighted by Crippen LogP contribution is 2.09. The molecule has 34 heavy (non-hydrogen) atoms. The number of aromatic amines is 1. The molecule has 4 unspecified atom stereocenters. The lowest BCUT2D eigenvalue weighted by atomic mass is 10.1. The second-order valence-electron chi connectivity index (χ2n) is 8.01. The number of aliphatic carboxylic acids is 1. The van der Waals surface area contributed by atoms with E-state index in [-0.39, 0.29) is 18.4 Å². The molecule has 2 heterocycles. The number of aromatic nitrogens is 2. The number of thioether (sulfide) groups is 2. The monoisotopic (exact) mass is 514 g/mol. The maximum atomic E-state index is 13.1. The average Bonchev–Trinajstić information content (AvgIpc) is 3.53. The molecular formula is C21H34N6O5S2. The fourth-order valence-electron chi connectivity index (χ4n) is 3.55. The summed E-state index contributed by atoms with van der Waals surface area (Å²) in [5.74, 6) is -1.21. The van der Waals surface area contributed by atoms with Crippen LogP contribution in [0.15, 0.2) is 12.5 Å². The largest absolute Gasteiger partial charge is 0.480 e. The minimum Gasteiger partial charge on any atom is -0.480 e. The molecule has 0 aromatic carbocycles. The van der Waals surface area contributed by atoms with E-state index in [9.17, 15) is 24.3 Å². The molecule has 1 aliphatic rings. The number of amides is 3.